The molecule has 0 aliphatic carbocycles. The molecule has 5 heteroatoms. The SMILES string of the molecule is CCCNC(=O)c1ccc(C(=O)Nc2ccc(F)cc2)cc1. The number of halogens is 1. The summed E-state index contributed by atoms with van der Waals surface area (Å²) >= 11 is 0. The van der Waals surface area contributed by atoms with Crippen LogP contribution in [-0.2, 0) is 0 Å². The zero-order valence-electron chi connectivity index (χ0n) is 12.2. The average molecular weight is 300 g/mol. The van der Waals surface area contributed by atoms with Crippen LogP contribution in [0.2, 0.25) is 0 Å². The first-order valence-electron chi connectivity index (χ1n) is 7.05. The van der Waals surface area contributed by atoms with Gasteiger partial charge in [-0.3, -0.25) is 9.59 Å². The van der Waals surface area contributed by atoms with E-state index in [0.717, 1.165) is 6.42 Å². The number of carbonyl (C=O) groups excluding carboxylic acids is 2. The van der Waals surface area contributed by atoms with Crippen LogP contribution in [0, 0.1) is 5.82 Å². The van der Waals surface area contributed by atoms with Gasteiger partial charge in [-0.05, 0) is 55.0 Å². The minimum atomic E-state index is -0.361. The highest BCUT2D eigenvalue weighted by atomic mass is 19.1. The van der Waals surface area contributed by atoms with Crippen LogP contribution in [0.1, 0.15) is 34.1 Å². The highest BCUT2D eigenvalue weighted by molar-refractivity contribution is 6.05. The number of nitrogens with one attached hydrogen (secondary N) is 2. The number of carbonyl (C=O) groups is 2. The van der Waals surface area contributed by atoms with E-state index in [9.17, 15) is 14.0 Å². The summed E-state index contributed by atoms with van der Waals surface area (Å²) in [4.78, 5) is 23.8. The molecule has 0 aromatic heterocycles. The molecule has 2 amide bonds. The van der Waals surface area contributed by atoms with Gasteiger partial charge in [-0.15, -0.1) is 0 Å². The Morgan fingerprint density at radius 2 is 1.45 bits per heavy atom. The zero-order chi connectivity index (χ0) is 15.9. The van der Waals surface area contributed by atoms with E-state index in [4.69, 9.17) is 0 Å². The lowest BCUT2D eigenvalue weighted by Gasteiger charge is -2.07. The van der Waals surface area contributed by atoms with Crippen LogP contribution in [0.3, 0.4) is 0 Å². The number of hydrogen-bond donors (Lipinski definition) is 2. The van der Waals surface area contributed by atoms with Crippen molar-refractivity contribution in [1.29, 1.82) is 0 Å². The molecule has 0 radical (unpaired) electrons. The van der Waals surface area contributed by atoms with Gasteiger partial charge in [-0.25, -0.2) is 4.39 Å². The van der Waals surface area contributed by atoms with Crippen LogP contribution < -0.4 is 10.6 Å². The normalized spacial score (nSPS) is 10.1. The molecule has 2 rings (SSSR count). The number of hydrogen-bond acceptors (Lipinski definition) is 2. The monoisotopic (exact) mass is 300 g/mol. The lowest BCUT2D eigenvalue weighted by atomic mass is 10.1. The summed E-state index contributed by atoms with van der Waals surface area (Å²) in [6.07, 6.45) is 0.865. The van der Waals surface area contributed by atoms with Gasteiger partial charge < -0.3 is 10.6 Å². The van der Waals surface area contributed by atoms with E-state index in [-0.39, 0.29) is 17.6 Å². The van der Waals surface area contributed by atoms with Gasteiger partial charge in [0.2, 0.25) is 0 Å². The van der Waals surface area contributed by atoms with Crippen LogP contribution in [0.15, 0.2) is 48.5 Å². The lowest BCUT2D eigenvalue weighted by molar-refractivity contribution is 0.0951. The van der Waals surface area contributed by atoms with Crippen molar-refractivity contribution in [3.8, 4) is 0 Å². The third-order valence-electron chi connectivity index (χ3n) is 3.05. The van der Waals surface area contributed by atoms with Gasteiger partial charge in [0, 0.05) is 23.4 Å². The van der Waals surface area contributed by atoms with E-state index >= 15 is 0 Å². The van der Waals surface area contributed by atoms with Gasteiger partial charge >= 0.3 is 0 Å². The van der Waals surface area contributed by atoms with Crippen molar-refractivity contribution in [2.45, 2.75) is 13.3 Å². The predicted octanol–water partition coefficient (Wildman–Crippen LogP) is 3.22. The molecule has 0 fully saturated rings. The van der Waals surface area contributed by atoms with Crippen molar-refractivity contribution in [1.82, 2.24) is 5.32 Å². The number of amides is 2. The highest BCUT2D eigenvalue weighted by Crippen LogP contribution is 2.11. The molecule has 0 bridgehead atoms. The molecule has 2 aromatic rings. The van der Waals surface area contributed by atoms with Crippen LogP contribution in [0.5, 0.6) is 0 Å². The Bertz CT molecular complexity index is 651. The first-order chi connectivity index (χ1) is 10.6. The Kier molecular flexibility index (Phi) is 5.25. The first-order valence-corrected chi connectivity index (χ1v) is 7.05. The molecule has 4 nitrogen and oxygen atoms in total. The lowest BCUT2D eigenvalue weighted by Crippen LogP contribution is -2.24. The Labute approximate surface area is 128 Å². The highest BCUT2D eigenvalue weighted by Gasteiger charge is 2.09. The fourth-order valence-electron chi connectivity index (χ4n) is 1.85. The summed E-state index contributed by atoms with van der Waals surface area (Å²) in [7, 11) is 0. The molecular formula is C17H17FN2O2. The van der Waals surface area contributed by atoms with Crippen molar-refractivity contribution in [2.75, 3.05) is 11.9 Å². The first kappa shape index (κ1) is 15.7. The topological polar surface area (TPSA) is 58.2 Å². The summed E-state index contributed by atoms with van der Waals surface area (Å²) in [6.45, 7) is 2.59. The van der Waals surface area contributed by atoms with E-state index in [1.807, 2.05) is 6.92 Å². The van der Waals surface area contributed by atoms with Crippen molar-refractivity contribution in [2.24, 2.45) is 0 Å². The number of benzene rings is 2. The van der Waals surface area contributed by atoms with Crippen LogP contribution in [0.4, 0.5) is 10.1 Å². The Balaban J connectivity index is 2.01. The molecule has 2 aromatic carbocycles. The van der Waals surface area contributed by atoms with Crippen LogP contribution in [-0.4, -0.2) is 18.4 Å². The second-order valence-corrected chi connectivity index (χ2v) is 4.79. The molecule has 0 aliphatic heterocycles. The maximum Gasteiger partial charge on any atom is 0.255 e. The van der Waals surface area contributed by atoms with Gasteiger partial charge in [0.1, 0.15) is 5.82 Å². The third kappa shape index (κ3) is 4.15. The molecule has 22 heavy (non-hydrogen) atoms. The fourth-order valence-corrected chi connectivity index (χ4v) is 1.85. The molecular weight excluding hydrogens is 283 g/mol. The minimum Gasteiger partial charge on any atom is -0.352 e. The Morgan fingerprint density at radius 1 is 0.909 bits per heavy atom. The summed E-state index contributed by atoms with van der Waals surface area (Å²) in [5.74, 6) is -0.833. The second-order valence-electron chi connectivity index (χ2n) is 4.79. The third-order valence-corrected chi connectivity index (χ3v) is 3.05. The van der Waals surface area contributed by atoms with Gasteiger partial charge in [0.25, 0.3) is 11.8 Å². The summed E-state index contributed by atoms with van der Waals surface area (Å²) in [5.41, 5.74) is 1.44. The number of anilines is 1. The van der Waals surface area contributed by atoms with E-state index in [1.165, 1.54) is 24.3 Å². The van der Waals surface area contributed by atoms with Crippen molar-refractivity contribution < 1.29 is 14.0 Å². The molecule has 0 saturated heterocycles. The molecule has 2 N–H and O–H groups in total. The van der Waals surface area contributed by atoms with Crippen LogP contribution in [0.25, 0.3) is 0 Å². The Hall–Kier alpha value is -2.69. The second kappa shape index (κ2) is 7.36. The molecule has 0 aliphatic rings. The van der Waals surface area contributed by atoms with Gasteiger partial charge in [-0.2, -0.15) is 0 Å². The molecule has 114 valence electrons. The molecule has 0 atom stereocenters. The Morgan fingerprint density at radius 3 is 2.00 bits per heavy atom. The van der Waals surface area contributed by atoms with Crippen molar-refractivity contribution in [3.63, 3.8) is 0 Å². The summed E-state index contributed by atoms with van der Waals surface area (Å²) < 4.78 is 12.8. The van der Waals surface area contributed by atoms with Gasteiger partial charge in [-0.1, -0.05) is 6.92 Å². The molecule has 0 heterocycles. The average Bonchev–Trinajstić information content (AvgIpc) is 2.55. The van der Waals surface area contributed by atoms with Gasteiger partial charge in [0.15, 0.2) is 0 Å². The van der Waals surface area contributed by atoms with Gasteiger partial charge in [0.05, 0.1) is 0 Å². The van der Waals surface area contributed by atoms with E-state index in [1.54, 1.807) is 24.3 Å². The standard InChI is InChI=1S/C17H17FN2O2/c1-2-11-19-16(21)12-3-5-13(6-4-12)17(22)20-15-9-7-14(18)8-10-15/h3-10H,2,11H2,1H3,(H,19,21)(H,20,22). The predicted molar refractivity (Wildman–Crippen MR) is 83.4 cm³/mol. The quantitative estimate of drug-likeness (QED) is 0.890. The maximum absolute atomic E-state index is 12.8. The number of rotatable bonds is 5. The summed E-state index contributed by atoms with van der Waals surface area (Å²) in [6, 6.07) is 11.9. The minimum absolute atomic E-state index is 0.160. The van der Waals surface area contributed by atoms with Crippen molar-refractivity contribution in [3.05, 3.63) is 65.5 Å². The fraction of sp³-hybridized carbons (Fsp3) is 0.176. The largest absolute Gasteiger partial charge is 0.352 e. The van der Waals surface area contributed by atoms with Crippen molar-refractivity contribution >= 4 is 17.5 Å². The summed E-state index contributed by atoms with van der Waals surface area (Å²) in [5, 5.41) is 5.43. The van der Waals surface area contributed by atoms with E-state index < -0.39 is 0 Å². The van der Waals surface area contributed by atoms with E-state index in [2.05, 4.69) is 10.6 Å². The zero-order valence-corrected chi connectivity index (χ0v) is 12.2. The van der Waals surface area contributed by atoms with E-state index in [0.29, 0.717) is 23.4 Å². The van der Waals surface area contributed by atoms with Crippen LogP contribution >= 0.6 is 0 Å². The smallest absolute Gasteiger partial charge is 0.255 e. The maximum atomic E-state index is 12.8. The molecule has 0 unspecified atom stereocenters. The molecule has 0 saturated carbocycles. The molecule has 0 spiro atoms.